The van der Waals surface area contributed by atoms with Gasteiger partial charge in [-0.1, -0.05) is 0 Å². The van der Waals surface area contributed by atoms with Crippen molar-refractivity contribution in [2.75, 3.05) is 33.0 Å². The monoisotopic (exact) mass is 165 g/mol. The molecule has 0 fully saturated rings. The van der Waals surface area contributed by atoms with Crippen LogP contribution in [0, 0.1) is 0 Å². The maximum Gasteiger partial charge on any atom is 0.129 e. The molecule has 0 aromatic rings. The molecule has 0 spiro atoms. The van der Waals surface area contributed by atoms with Crippen LogP contribution in [0.4, 0.5) is 0 Å². The van der Waals surface area contributed by atoms with Crippen molar-refractivity contribution in [2.24, 2.45) is 5.73 Å². The van der Waals surface area contributed by atoms with Crippen LogP contribution in [0.15, 0.2) is 0 Å². The second-order valence-corrected chi connectivity index (χ2v) is 1.93. The van der Waals surface area contributed by atoms with Gasteiger partial charge in [0.25, 0.3) is 0 Å². The largest absolute Gasteiger partial charge is 0.394 e. The van der Waals surface area contributed by atoms with E-state index in [9.17, 15) is 0 Å². The molecule has 5 heteroatoms. The first-order chi connectivity index (χ1) is 5.31. The Morgan fingerprint density at radius 2 is 1.91 bits per heavy atom. The van der Waals surface area contributed by atoms with Gasteiger partial charge in [0.15, 0.2) is 0 Å². The summed E-state index contributed by atoms with van der Waals surface area (Å²) in [4.78, 5) is 0. The van der Waals surface area contributed by atoms with Crippen LogP contribution in [0.1, 0.15) is 0 Å². The van der Waals surface area contributed by atoms with Crippen LogP contribution < -0.4 is 5.73 Å². The van der Waals surface area contributed by atoms with E-state index in [1.807, 2.05) is 0 Å². The number of hydrogen-bond donors (Lipinski definition) is 3. The van der Waals surface area contributed by atoms with Crippen LogP contribution in [0.2, 0.25) is 0 Å². The first-order valence-electron chi connectivity index (χ1n) is 3.48. The predicted octanol–water partition coefficient (Wildman–Crippen LogP) is -1.71. The first-order valence-corrected chi connectivity index (χ1v) is 3.48. The zero-order chi connectivity index (χ0) is 8.53. The molecule has 68 valence electrons. The van der Waals surface area contributed by atoms with E-state index in [0.29, 0.717) is 19.8 Å². The Labute approximate surface area is 65.7 Å². The van der Waals surface area contributed by atoms with E-state index in [1.165, 1.54) is 0 Å². The third kappa shape index (κ3) is 7.70. The smallest absolute Gasteiger partial charge is 0.129 e. The summed E-state index contributed by atoms with van der Waals surface area (Å²) >= 11 is 0. The predicted molar refractivity (Wildman–Crippen MR) is 38.9 cm³/mol. The van der Waals surface area contributed by atoms with Crippen molar-refractivity contribution in [1.82, 2.24) is 0 Å². The molecule has 0 saturated carbocycles. The van der Waals surface area contributed by atoms with Crippen molar-refractivity contribution in [3.05, 3.63) is 0 Å². The Hall–Kier alpha value is -0.200. The Bertz CT molecular complexity index is 81.0. The van der Waals surface area contributed by atoms with E-state index >= 15 is 0 Å². The molecular formula is C6H15NO4. The third-order valence-corrected chi connectivity index (χ3v) is 0.975. The van der Waals surface area contributed by atoms with Crippen LogP contribution in [0.3, 0.4) is 0 Å². The van der Waals surface area contributed by atoms with Crippen LogP contribution in [0.5, 0.6) is 0 Å². The molecule has 1 atom stereocenters. The lowest BCUT2D eigenvalue weighted by atomic mass is 10.6. The normalized spacial score (nSPS) is 13.4. The van der Waals surface area contributed by atoms with Gasteiger partial charge in [-0.25, -0.2) is 0 Å². The topological polar surface area (TPSA) is 84.9 Å². The zero-order valence-electron chi connectivity index (χ0n) is 6.40. The van der Waals surface area contributed by atoms with Crippen molar-refractivity contribution >= 4 is 0 Å². The third-order valence-electron chi connectivity index (χ3n) is 0.975. The molecule has 0 rings (SSSR count). The maximum atomic E-state index is 8.41. The van der Waals surface area contributed by atoms with Gasteiger partial charge in [-0.3, -0.25) is 0 Å². The summed E-state index contributed by atoms with van der Waals surface area (Å²) in [5.41, 5.74) is 5.21. The van der Waals surface area contributed by atoms with E-state index < -0.39 is 6.23 Å². The molecule has 0 saturated heterocycles. The number of nitrogens with two attached hydrogens (primary N) is 1. The zero-order valence-corrected chi connectivity index (χ0v) is 6.40. The highest BCUT2D eigenvalue weighted by Gasteiger charge is 1.97. The van der Waals surface area contributed by atoms with Crippen molar-refractivity contribution < 1.29 is 19.7 Å². The molecule has 0 aliphatic carbocycles. The van der Waals surface area contributed by atoms with Crippen LogP contribution in [-0.4, -0.2) is 49.5 Å². The molecule has 5 nitrogen and oxygen atoms in total. The number of aliphatic hydroxyl groups excluding tert-OH is 2. The van der Waals surface area contributed by atoms with Crippen LogP contribution in [-0.2, 0) is 9.47 Å². The van der Waals surface area contributed by atoms with Gasteiger partial charge in [0.05, 0.1) is 33.0 Å². The van der Waals surface area contributed by atoms with Gasteiger partial charge >= 0.3 is 0 Å². The lowest BCUT2D eigenvalue weighted by Gasteiger charge is -2.09. The number of ether oxygens (including phenoxy) is 2. The molecule has 0 aromatic carbocycles. The van der Waals surface area contributed by atoms with Gasteiger partial charge in [-0.2, -0.15) is 0 Å². The molecule has 0 radical (unpaired) electrons. The average Bonchev–Trinajstić information content (AvgIpc) is 2.04. The first kappa shape index (κ1) is 10.8. The van der Waals surface area contributed by atoms with E-state index in [4.69, 9.17) is 25.4 Å². The summed E-state index contributed by atoms with van der Waals surface area (Å²) in [5, 5.41) is 16.7. The van der Waals surface area contributed by atoms with Crippen LogP contribution >= 0.6 is 0 Å². The maximum absolute atomic E-state index is 8.41. The van der Waals surface area contributed by atoms with Crippen LogP contribution in [0.25, 0.3) is 0 Å². The van der Waals surface area contributed by atoms with Gasteiger partial charge in [-0.15, -0.1) is 0 Å². The quantitative estimate of drug-likeness (QED) is 0.309. The summed E-state index contributed by atoms with van der Waals surface area (Å²) < 4.78 is 9.72. The molecule has 11 heavy (non-hydrogen) atoms. The number of aliphatic hydroxyl groups is 2. The Balaban J connectivity index is 2.89. The summed E-state index contributed by atoms with van der Waals surface area (Å²) in [6.07, 6.45) is -0.632. The Kier molecular flexibility index (Phi) is 7.76. The lowest BCUT2D eigenvalue weighted by molar-refractivity contribution is -0.0205. The molecule has 1 unspecified atom stereocenters. The van der Waals surface area contributed by atoms with E-state index in [2.05, 4.69) is 0 Å². The fraction of sp³-hybridized carbons (Fsp3) is 1.00. The van der Waals surface area contributed by atoms with Gasteiger partial charge in [0, 0.05) is 0 Å². The van der Waals surface area contributed by atoms with Crippen molar-refractivity contribution in [3.8, 4) is 0 Å². The standard InChI is InChI=1S/C6H15NO4/c7-6(5-9)11-4-3-10-2-1-8/h6,8-9H,1-5,7H2. The molecule has 0 heterocycles. The van der Waals surface area contributed by atoms with Gasteiger partial charge in [0.2, 0.25) is 0 Å². The molecule has 0 aromatic heterocycles. The van der Waals surface area contributed by atoms with Gasteiger partial charge < -0.3 is 25.4 Å². The van der Waals surface area contributed by atoms with Crippen molar-refractivity contribution in [3.63, 3.8) is 0 Å². The average molecular weight is 165 g/mol. The molecule has 0 aliphatic rings. The molecule has 0 bridgehead atoms. The van der Waals surface area contributed by atoms with Crippen molar-refractivity contribution in [1.29, 1.82) is 0 Å². The summed E-state index contributed by atoms with van der Waals surface area (Å²) in [7, 11) is 0. The van der Waals surface area contributed by atoms with Crippen molar-refractivity contribution in [2.45, 2.75) is 6.23 Å². The summed E-state index contributed by atoms with van der Waals surface area (Å²) in [6.45, 7) is 0.833. The molecule has 4 N–H and O–H groups in total. The fourth-order valence-corrected chi connectivity index (χ4v) is 0.478. The minimum absolute atomic E-state index is 0.00601. The highest BCUT2D eigenvalue weighted by atomic mass is 16.5. The molecule has 0 amide bonds. The Morgan fingerprint density at radius 1 is 1.18 bits per heavy atom. The fourth-order valence-electron chi connectivity index (χ4n) is 0.478. The highest BCUT2D eigenvalue weighted by Crippen LogP contribution is 1.81. The highest BCUT2D eigenvalue weighted by molar-refractivity contribution is 4.41. The van der Waals surface area contributed by atoms with E-state index in [1.54, 1.807) is 0 Å². The van der Waals surface area contributed by atoms with Gasteiger partial charge in [0.1, 0.15) is 6.23 Å². The molecular weight excluding hydrogens is 150 g/mol. The van der Waals surface area contributed by atoms with E-state index in [-0.39, 0.29) is 13.2 Å². The number of hydrogen-bond acceptors (Lipinski definition) is 5. The minimum atomic E-state index is -0.632. The SMILES string of the molecule is NC(CO)OCCOCCO. The van der Waals surface area contributed by atoms with Gasteiger partial charge in [-0.05, 0) is 0 Å². The summed E-state index contributed by atoms with van der Waals surface area (Å²) in [6, 6.07) is 0. The second kappa shape index (κ2) is 7.90. The molecule has 0 aliphatic heterocycles. The minimum Gasteiger partial charge on any atom is -0.394 e. The lowest BCUT2D eigenvalue weighted by Crippen LogP contribution is -2.29. The van der Waals surface area contributed by atoms with E-state index in [0.717, 1.165) is 0 Å². The second-order valence-electron chi connectivity index (χ2n) is 1.93. The summed E-state index contributed by atoms with van der Waals surface area (Å²) in [5.74, 6) is 0. The number of rotatable bonds is 7. The Morgan fingerprint density at radius 3 is 2.45 bits per heavy atom.